The highest BCUT2D eigenvalue weighted by Crippen LogP contribution is 2.32. The van der Waals surface area contributed by atoms with E-state index in [2.05, 4.69) is 24.8 Å². The van der Waals surface area contributed by atoms with Crippen LogP contribution >= 0.6 is 11.3 Å². The molecule has 2 amide bonds. The lowest BCUT2D eigenvalue weighted by atomic mass is 9.95. The summed E-state index contributed by atoms with van der Waals surface area (Å²) in [7, 11) is -6.05. The highest BCUT2D eigenvalue weighted by atomic mass is 32.2. The van der Waals surface area contributed by atoms with Gasteiger partial charge in [0.05, 0.1) is 4.88 Å². The molecule has 2 atom stereocenters. The zero-order chi connectivity index (χ0) is 36.3. The molecule has 2 heterocycles. The van der Waals surface area contributed by atoms with E-state index in [1.165, 1.54) is 30.7 Å². The molecule has 0 aliphatic rings. The normalized spacial score (nSPS) is 13.3. The van der Waals surface area contributed by atoms with Crippen molar-refractivity contribution in [1.29, 1.82) is 0 Å². The van der Waals surface area contributed by atoms with Crippen molar-refractivity contribution in [1.82, 2.24) is 20.6 Å². The molecule has 17 heteroatoms. The summed E-state index contributed by atoms with van der Waals surface area (Å²) in [5, 5.41) is 14.4. The van der Waals surface area contributed by atoms with Crippen LogP contribution in [0.4, 0.5) is 17.6 Å². The van der Waals surface area contributed by atoms with Gasteiger partial charge in [0.2, 0.25) is 5.91 Å². The summed E-state index contributed by atoms with van der Waals surface area (Å²) >= 11 is 1.29. The summed E-state index contributed by atoms with van der Waals surface area (Å²) in [5.74, 6) is -4.64. The van der Waals surface area contributed by atoms with E-state index in [0.29, 0.717) is 16.0 Å². The van der Waals surface area contributed by atoms with Crippen molar-refractivity contribution in [2.75, 3.05) is 0 Å². The molecule has 0 saturated heterocycles. The number of carboxylic acids is 1. The number of alkyl halides is 3. The monoisotopic (exact) mass is 722 g/mol. The maximum Gasteiger partial charge on any atom is 0.534 e. The van der Waals surface area contributed by atoms with Gasteiger partial charge >= 0.3 is 21.6 Å². The number of hydrogen-bond donors (Lipinski definition) is 3. The van der Waals surface area contributed by atoms with Gasteiger partial charge in [-0.3, -0.25) is 14.4 Å². The first-order valence-corrected chi connectivity index (χ1v) is 16.6. The summed E-state index contributed by atoms with van der Waals surface area (Å²) in [6.07, 6.45) is 2.68. The fourth-order valence-electron chi connectivity index (χ4n) is 4.24. The second-order valence-electron chi connectivity index (χ2n) is 11.8. The lowest BCUT2D eigenvalue weighted by Crippen LogP contribution is -2.51. The molecule has 0 saturated carbocycles. The van der Waals surface area contributed by atoms with Crippen LogP contribution in [0.2, 0.25) is 0 Å². The van der Waals surface area contributed by atoms with Crippen LogP contribution in [0.25, 0.3) is 22.5 Å². The summed E-state index contributed by atoms with van der Waals surface area (Å²) in [5.41, 5.74) is -4.34. The van der Waals surface area contributed by atoms with E-state index >= 15 is 0 Å². The molecule has 0 aliphatic carbocycles. The number of hydrogen-bond acceptors (Lipinski definition) is 9. The molecule has 0 bridgehead atoms. The van der Waals surface area contributed by atoms with Crippen LogP contribution in [0.3, 0.4) is 0 Å². The highest BCUT2D eigenvalue weighted by molar-refractivity contribution is 7.88. The first-order valence-electron chi connectivity index (χ1n) is 14.4. The largest absolute Gasteiger partial charge is 0.534 e. The summed E-state index contributed by atoms with van der Waals surface area (Å²) in [6, 6.07) is 10.5. The van der Waals surface area contributed by atoms with Gasteiger partial charge in [0.25, 0.3) is 5.91 Å². The number of halogens is 4. The van der Waals surface area contributed by atoms with E-state index in [0.717, 1.165) is 23.1 Å². The Morgan fingerprint density at radius 1 is 0.918 bits per heavy atom. The van der Waals surface area contributed by atoms with Gasteiger partial charge < -0.3 is 19.9 Å². The molecule has 0 spiro atoms. The molecule has 2 unspecified atom stereocenters. The molecular weight excluding hydrogens is 692 g/mol. The minimum absolute atomic E-state index is 0.0248. The minimum atomic E-state index is -6.05. The standard InChI is InChI=1S/C32H30F4N4O7S2/c1-17(30(43)44)39-28(41)23(40-29(42)25-11-12-26(48-25)31(2,3)4)13-18-5-7-19(8-6-18)27-37-15-21(16-38-27)20-9-10-24(22(33)14-20)47-49(45,46)32(34,35)36/h5-12,14-17,23H,13H2,1-4H3,(H,39,41)(H,40,42)(H,43,44). The van der Waals surface area contributed by atoms with Crippen LogP contribution in [0.5, 0.6) is 5.75 Å². The predicted molar refractivity (Wildman–Crippen MR) is 172 cm³/mol. The first-order chi connectivity index (χ1) is 22.7. The number of aliphatic carboxylic acids is 1. The van der Waals surface area contributed by atoms with Gasteiger partial charge in [-0.15, -0.1) is 11.3 Å². The molecule has 0 radical (unpaired) electrons. The maximum absolute atomic E-state index is 14.4. The Morgan fingerprint density at radius 3 is 2.06 bits per heavy atom. The first kappa shape index (κ1) is 36.9. The molecule has 0 aliphatic heterocycles. The average Bonchev–Trinajstić information content (AvgIpc) is 3.53. The summed E-state index contributed by atoms with van der Waals surface area (Å²) < 4.78 is 78.4. The van der Waals surface area contributed by atoms with Crippen molar-refractivity contribution in [3.63, 3.8) is 0 Å². The fraction of sp³-hybridized carbons (Fsp3) is 0.281. The molecule has 3 N–H and O–H groups in total. The number of carbonyl (C=O) groups excluding carboxylic acids is 2. The van der Waals surface area contributed by atoms with E-state index in [1.54, 1.807) is 30.3 Å². The summed E-state index contributed by atoms with van der Waals surface area (Å²) in [4.78, 5) is 47.4. The SMILES string of the molecule is CC(NC(=O)C(Cc1ccc(-c2ncc(-c3ccc(OS(=O)(=O)C(F)(F)F)c(F)c3)cn2)cc1)NC(=O)c1ccc(C(C)(C)C)s1)C(=O)O. The fourth-order valence-corrected chi connectivity index (χ4v) is 5.68. The Labute approximate surface area is 282 Å². The number of nitrogens with one attached hydrogen (secondary N) is 2. The van der Waals surface area contributed by atoms with Gasteiger partial charge in [0.15, 0.2) is 17.4 Å². The number of amides is 2. The predicted octanol–water partition coefficient (Wildman–Crippen LogP) is 5.47. The number of rotatable bonds is 11. The Balaban J connectivity index is 1.49. The highest BCUT2D eigenvalue weighted by Gasteiger charge is 2.49. The molecule has 49 heavy (non-hydrogen) atoms. The Hall–Kier alpha value is -4.90. The molecular formula is C32H30F4N4O7S2. The molecule has 260 valence electrons. The van der Waals surface area contributed by atoms with Crippen LogP contribution in [0, 0.1) is 5.82 Å². The molecule has 11 nitrogen and oxygen atoms in total. The van der Waals surface area contributed by atoms with Crippen molar-refractivity contribution < 1.29 is 49.7 Å². The lowest BCUT2D eigenvalue weighted by Gasteiger charge is -2.20. The molecule has 0 fully saturated rings. The maximum atomic E-state index is 14.4. The van der Waals surface area contributed by atoms with E-state index < -0.39 is 57.1 Å². The smallest absolute Gasteiger partial charge is 0.480 e. The topological polar surface area (TPSA) is 165 Å². The third kappa shape index (κ3) is 9.17. The number of nitrogens with zero attached hydrogens (tertiary/aromatic N) is 2. The minimum Gasteiger partial charge on any atom is -0.480 e. The van der Waals surface area contributed by atoms with Gasteiger partial charge in [-0.05, 0) is 47.7 Å². The molecule has 2 aromatic carbocycles. The van der Waals surface area contributed by atoms with Crippen molar-refractivity contribution in [3.05, 3.63) is 88.1 Å². The van der Waals surface area contributed by atoms with Crippen molar-refractivity contribution in [2.45, 2.75) is 57.1 Å². The average molecular weight is 723 g/mol. The van der Waals surface area contributed by atoms with Crippen molar-refractivity contribution in [3.8, 4) is 28.3 Å². The van der Waals surface area contributed by atoms with Crippen LogP contribution in [0.1, 0.15) is 47.8 Å². The quantitative estimate of drug-likeness (QED) is 0.104. The number of carboxylic acid groups (broad SMARTS) is 1. The Bertz CT molecular complexity index is 1960. The third-order valence-electron chi connectivity index (χ3n) is 6.97. The zero-order valence-electron chi connectivity index (χ0n) is 26.3. The van der Waals surface area contributed by atoms with Gasteiger partial charge in [-0.2, -0.15) is 21.6 Å². The van der Waals surface area contributed by atoms with Crippen LogP contribution in [-0.2, 0) is 31.5 Å². The zero-order valence-corrected chi connectivity index (χ0v) is 28.0. The number of aromatic nitrogens is 2. The second-order valence-corrected chi connectivity index (χ2v) is 14.5. The van der Waals surface area contributed by atoms with Crippen LogP contribution in [0.15, 0.2) is 67.0 Å². The van der Waals surface area contributed by atoms with E-state index in [-0.39, 0.29) is 28.8 Å². The lowest BCUT2D eigenvalue weighted by molar-refractivity contribution is -0.141. The van der Waals surface area contributed by atoms with Gasteiger partial charge in [0.1, 0.15) is 12.1 Å². The van der Waals surface area contributed by atoms with E-state index in [4.69, 9.17) is 0 Å². The molecule has 4 rings (SSSR count). The Morgan fingerprint density at radius 2 is 1.53 bits per heavy atom. The van der Waals surface area contributed by atoms with Crippen LogP contribution in [-0.4, -0.2) is 58.9 Å². The molecule has 4 aromatic rings. The van der Waals surface area contributed by atoms with Gasteiger partial charge in [0, 0.05) is 34.8 Å². The van der Waals surface area contributed by atoms with E-state index in [1.807, 2.05) is 26.8 Å². The number of benzene rings is 2. The second kappa shape index (κ2) is 14.3. The van der Waals surface area contributed by atoms with Gasteiger partial charge in [-0.25, -0.2) is 14.4 Å². The number of carbonyl (C=O) groups is 3. The van der Waals surface area contributed by atoms with Gasteiger partial charge in [-0.1, -0.05) is 51.1 Å². The summed E-state index contributed by atoms with van der Waals surface area (Å²) in [6.45, 7) is 7.33. The Kier molecular flexibility index (Phi) is 10.8. The van der Waals surface area contributed by atoms with Crippen molar-refractivity contribution >= 4 is 39.2 Å². The third-order valence-corrected chi connectivity index (χ3v) is 9.45. The molecule has 2 aromatic heterocycles. The van der Waals surface area contributed by atoms with Crippen molar-refractivity contribution in [2.24, 2.45) is 0 Å². The van der Waals surface area contributed by atoms with E-state index in [9.17, 15) is 45.5 Å². The number of thiophene rings is 1. The van der Waals surface area contributed by atoms with Crippen LogP contribution < -0.4 is 14.8 Å².